The number of nitrogens with two attached hydrogens (primary N) is 1. The first-order chi connectivity index (χ1) is 11.1. The molecule has 0 saturated carbocycles. The van der Waals surface area contributed by atoms with E-state index in [1.807, 2.05) is 29.0 Å². The van der Waals surface area contributed by atoms with Crippen LogP contribution in [0.1, 0.15) is 11.3 Å². The molecule has 0 aliphatic carbocycles. The number of rotatable bonds is 5. The van der Waals surface area contributed by atoms with E-state index in [1.165, 1.54) is 4.90 Å². The van der Waals surface area contributed by atoms with Gasteiger partial charge < -0.3 is 15.4 Å². The largest absolute Gasteiger partial charge is 0.507 e. The van der Waals surface area contributed by atoms with Crippen LogP contribution in [0.15, 0.2) is 66.0 Å². The molecule has 5 nitrogen and oxygen atoms in total. The lowest BCUT2D eigenvalue weighted by molar-refractivity contribution is 0.473. The van der Waals surface area contributed by atoms with Crippen molar-refractivity contribution < 1.29 is 5.11 Å². The Morgan fingerprint density at radius 1 is 1.22 bits per heavy atom. The molecule has 0 atom stereocenters. The number of nitrogens with one attached hydrogen (secondary N) is 1. The summed E-state index contributed by atoms with van der Waals surface area (Å²) < 4.78 is 1.84. The fraction of sp³-hybridized carbons (Fsp3) is 0.0588. The molecular weight excluding hydrogens is 308 g/mol. The van der Waals surface area contributed by atoms with Gasteiger partial charge in [0.05, 0.1) is 23.3 Å². The highest BCUT2D eigenvalue weighted by Gasteiger charge is 2.07. The van der Waals surface area contributed by atoms with Gasteiger partial charge in [0.1, 0.15) is 11.6 Å². The second kappa shape index (κ2) is 6.58. The van der Waals surface area contributed by atoms with Crippen LogP contribution < -0.4 is 5.73 Å². The summed E-state index contributed by atoms with van der Waals surface area (Å²) in [5.74, 6) is 0.609. The number of nitrogens with zero attached hydrogens (tertiary/aromatic N) is 2. The normalized spacial score (nSPS) is 10.6. The molecule has 0 spiro atoms. The van der Waals surface area contributed by atoms with Crippen LogP contribution in [0.25, 0.3) is 5.69 Å². The summed E-state index contributed by atoms with van der Waals surface area (Å²) >= 11 is 1.72. The molecule has 3 aromatic rings. The Morgan fingerprint density at radius 3 is 2.70 bits per heavy atom. The summed E-state index contributed by atoms with van der Waals surface area (Å²) in [6.45, 7) is 0. The van der Waals surface area contributed by atoms with Crippen molar-refractivity contribution in [1.82, 2.24) is 9.55 Å². The second-order valence-corrected chi connectivity index (χ2v) is 6.04. The minimum absolute atomic E-state index is 0.0103. The molecule has 3 rings (SSSR count). The fourth-order valence-electron chi connectivity index (χ4n) is 2.16. The number of thioether (sulfide) groups is 1. The maximum absolute atomic E-state index is 9.92. The number of imidazole rings is 1. The van der Waals surface area contributed by atoms with Gasteiger partial charge in [-0.2, -0.15) is 0 Å². The summed E-state index contributed by atoms with van der Waals surface area (Å²) in [6.07, 6.45) is 3.64. The molecule has 0 fully saturated rings. The van der Waals surface area contributed by atoms with Crippen LogP contribution in [0.5, 0.6) is 5.75 Å². The molecule has 1 aromatic heterocycles. The summed E-state index contributed by atoms with van der Waals surface area (Å²) in [4.78, 5) is 5.59. The third-order valence-corrected chi connectivity index (χ3v) is 4.38. The zero-order chi connectivity index (χ0) is 16.2. The van der Waals surface area contributed by atoms with Crippen LogP contribution in [0.2, 0.25) is 0 Å². The van der Waals surface area contributed by atoms with Crippen LogP contribution in [-0.2, 0) is 5.75 Å². The van der Waals surface area contributed by atoms with Crippen molar-refractivity contribution >= 4 is 17.6 Å². The molecule has 6 heteroatoms. The number of aromatic hydroxyl groups is 1. The fourth-order valence-corrected chi connectivity index (χ4v) is 2.97. The Hall–Kier alpha value is -2.73. The van der Waals surface area contributed by atoms with Gasteiger partial charge in [-0.3, -0.25) is 5.41 Å². The van der Waals surface area contributed by atoms with E-state index in [1.54, 1.807) is 36.3 Å². The smallest absolute Gasteiger partial charge is 0.128 e. The molecule has 0 aliphatic rings. The number of phenols is 1. The van der Waals surface area contributed by atoms with Crippen LogP contribution >= 0.6 is 11.8 Å². The highest BCUT2D eigenvalue weighted by molar-refractivity contribution is 7.98. The summed E-state index contributed by atoms with van der Waals surface area (Å²) in [5.41, 5.74) is 7.46. The lowest BCUT2D eigenvalue weighted by atomic mass is 10.1. The van der Waals surface area contributed by atoms with Crippen LogP contribution in [0.4, 0.5) is 0 Å². The Bertz CT molecular complexity index is 830. The number of hydrogen-bond acceptors (Lipinski definition) is 4. The number of aromatic nitrogens is 2. The van der Waals surface area contributed by atoms with Gasteiger partial charge in [-0.25, -0.2) is 4.98 Å². The van der Waals surface area contributed by atoms with E-state index in [4.69, 9.17) is 11.1 Å². The van der Waals surface area contributed by atoms with E-state index in [0.717, 1.165) is 17.1 Å². The van der Waals surface area contributed by atoms with Crippen molar-refractivity contribution in [2.45, 2.75) is 10.6 Å². The Balaban J connectivity index is 1.74. The molecule has 23 heavy (non-hydrogen) atoms. The average Bonchev–Trinajstić information content (AvgIpc) is 3.02. The van der Waals surface area contributed by atoms with Crippen molar-refractivity contribution in [3.8, 4) is 11.4 Å². The molecule has 0 saturated heterocycles. The second-order valence-electron chi connectivity index (χ2n) is 4.99. The van der Waals surface area contributed by atoms with E-state index in [2.05, 4.69) is 17.1 Å². The van der Waals surface area contributed by atoms with Gasteiger partial charge >= 0.3 is 0 Å². The monoisotopic (exact) mass is 324 g/mol. The molecule has 4 N–H and O–H groups in total. The van der Waals surface area contributed by atoms with Gasteiger partial charge in [-0.05, 0) is 24.3 Å². The number of nitrogen functional groups attached to an aromatic ring is 1. The van der Waals surface area contributed by atoms with Crippen LogP contribution in [0.3, 0.4) is 0 Å². The number of benzene rings is 2. The van der Waals surface area contributed by atoms with Gasteiger partial charge in [0.2, 0.25) is 0 Å². The Labute approximate surface area is 138 Å². The predicted octanol–water partition coefficient (Wildman–Crippen LogP) is 3.15. The van der Waals surface area contributed by atoms with Crippen molar-refractivity contribution in [1.29, 1.82) is 5.41 Å². The van der Waals surface area contributed by atoms with Crippen molar-refractivity contribution in [3.63, 3.8) is 0 Å². The SMILES string of the molecule is N=C(N)c1ccc(-n2cnc(CSc3ccccc3)c2)cc1O. The van der Waals surface area contributed by atoms with Gasteiger partial charge in [0, 0.05) is 22.9 Å². The summed E-state index contributed by atoms with van der Waals surface area (Å²) in [7, 11) is 0. The third kappa shape index (κ3) is 3.54. The van der Waals surface area contributed by atoms with Crippen LogP contribution in [-0.4, -0.2) is 20.5 Å². The van der Waals surface area contributed by atoms with Crippen molar-refractivity contribution in [3.05, 3.63) is 72.3 Å². The van der Waals surface area contributed by atoms with E-state index < -0.39 is 0 Å². The Kier molecular flexibility index (Phi) is 4.34. The molecule has 0 amide bonds. The lowest BCUT2D eigenvalue weighted by Gasteiger charge is -2.06. The minimum atomic E-state index is -0.153. The maximum atomic E-state index is 9.92. The Morgan fingerprint density at radius 2 is 2.00 bits per heavy atom. The van der Waals surface area contributed by atoms with E-state index in [0.29, 0.717) is 5.56 Å². The van der Waals surface area contributed by atoms with Crippen molar-refractivity contribution in [2.75, 3.05) is 0 Å². The van der Waals surface area contributed by atoms with E-state index in [9.17, 15) is 5.11 Å². The molecule has 116 valence electrons. The lowest BCUT2D eigenvalue weighted by Crippen LogP contribution is -2.11. The molecular formula is C17H16N4OS. The first-order valence-corrected chi connectivity index (χ1v) is 8.00. The first-order valence-electron chi connectivity index (χ1n) is 7.02. The summed E-state index contributed by atoms with van der Waals surface area (Å²) in [6, 6.07) is 15.2. The molecule has 0 aliphatic heterocycles. The highest BCUT2D eigenvalue weighted by Crippen LogP contribution is 2.24. The molecule has 0 bridgehead atoms. The molecule has 2 aromatic carbocycles. The number of hydrogen-bond donors (Lipinski definition) is 3. The van der Waals surface area contributed by atoms with Crippen molar-refractivity contribution in [2.24, 2.45) is 5.73 Å². The highest BCUT2D eigenvalue weighted by atomic mass is 32.2. The quantitative estimate of drug-likeness (QED) is 0.382. The average molecular weight is 324 g/mol. The predicted molar refractivity (Wildman–Crippen MR) is 92.2 cm³/mol. The zero-order valence-electron chi connectivity index (χ0n) is 12.3. The number of amidine groups is 1. The van der Waals surface area contributed by atoms with Gasteiger partial charge in [0.25, 0.3) is 0 Å². The molecule has 0 unspecified atom stereocenters. The molecule has 0 radical (unpaired) electrons. The zero-order valence-corrected chi connectivity index (χ0v) is 13.1. The van der Waals surface area contributed by atoms with Crippen LogP contribution in [0, 0.1) is 5.41 Å². The topological polar surface area (TPSA) is 87.9 Å². The molecule has 1 heterocycles. The standard InChI is InChI=1S/C17H16N4OS/c18-17(19)15-7-6-13(8-16(15)22)21-9-12(20-11-21)10-23-14-4-2-1-3-5-14/h1-9,11,22H,10H2,(H3,18,19). The third-order valence-electron chi connectivity index (χ3n) is 3.34. The summed E-state index contributed by atoms with van der Waals surface area (Å²) in [5, 5.41) is 17.3. The first kappa shape index (κ1) is 15.2. The van der Waals surface area contributed by atoms with E-state index >= 15 is 0 Å². The maximum Gasteiger partial charge on any atom is 0.128 e. The van der Waals surface area contributed by atoms with Gasteiger partial charge in [-0.15, -0.1) is 11.8 Å². The van der Waals surface area contributed by atoms with Gasteiger partial charge in [0.15, 0.2) is 0 Å². The number of phenolic OH excluding ortho intramolecular Hbond substituents is 1. The minimum Gasteiger partial charge on any atom is -0.507 e. The van der Waals surface area contributed by atoms with E-state index in [-0.39, 0.29) is 11.6 Å². The van der Waals surface area contributed by atoms with Gasteiger partial charge in [-0.1, -0.05) is 18.2 Å².